The van der Waals surface area contributed by atoms with Crippen LogP contribution in [0.25, 0.3) is 10.9 Å². The number of aryl methyl sites for hydroxylation is 1. The molecule has 1 fully saturated rings. The molecule has 2 heterocycles. The molecule has 0 radical (unpaired) electrons. The number of benzene rings is 1. The van der Waals surface area contributed by atoms with Crippen molar-refractivity contribution in [3.05, 3.63) is 23.1 Å². The summed E-state index contributed by atoms with van der Waals surface area (Å²) in [6, 6.07) is 3.65. The van der Waals surface area contributed by atoms with Crippen LogP contribution in [-0.4, -0.2) is 36.4 Å². The Morgan fingerprint density at radius 3 is 2.85 bits per heavy atom. The van der Waals surface area contributed by atoms with Crippen molar-refractivity contribution in [1.29, 1.82) is 0 Å². The van der Waals surface area contributed by atoms with Crippen LogP contribution in [0, 0.1) is 6.92 Å². The van der Waals surface area contributed by atoms with Gasteiger partial charge in [-0.05, 0) is 13.0 Å². The molecule has 1 aliphatic heterocycles. The van der Waals surface area contributed by atoms with Crippen LogP contribution in [0.4, 0.5) is 0 Å². The first kappa shape index (κ1) is 13.4. The average molecular weight is 295 g/mol. The van der Waals surface area contributed by atoms with E-state index in [1.54, 1.807) is 14.0 Å². The van der Waals surface area contributed by atoms with Gasteiger partial charge in [0.15, 0.2) is 11.5 Å². The second-order valence-corrected chi connectivity index (χ2v) is 5.04. The van der Waals surface area contributed by atoms with E-state index in [2.05, 4.69) is 9.97 Å². The van der Waals surface area contributed by atoms with E-state index < -0.39 is 0 Å². The monoisotopic (exact) mass is 294 g/mol. The lowest BCUT2D eigenvalue weighted by molar-refractivity contribution is 0.139. The number of fused-ring (bicyclic) bond motifs is 1. The summed E-state index contributed by atoms with van der Waals surface area (Å²) in [7, 11) is 1.61. The van der Waals surface area contributed by atoms with E-state index in [0.717, 1.165) is 23.9 Å². The summed E-state index contributed by atoms with van der Waals surface area (Å²) in [5.41, 5.74) is 0.745. The van der Waals surface area contributed by atoms with Gasteiger partial charge < -0.3 is 14.2 Å². The highest BCUT2D eigenvalue weighted by Crippen LogP contribution is 2.35. The number of rotatable bonds is 3. The molecule has 0 amide bonds. The van der Waals surface area contributed by atoms with E-state index >= 15 is 0 Å². The molecule has 20 heavy (non-hydrogen) atoms. The SMILES string of the molecule is COc1cc2nc(C)nc(Cl)c2cc1OC1CCOC1. The zero-order valence-corrected chi connectivity index (χ0v) is 12.1. The van der Waals surface area contributed by atoms with Crippen molar-refractivity contribution >= 4 is 22.5 Å². The highest BCUT2D eigenvalue weighted by molar-refractivity contribution is 6.34. The first-order chi connectivity index (χ1) is 9.67. The third-order valence-electron chi connectivity index (χ3n) is 3.23. The van der Waals surface area contributed by atoms with E-state index in [1.807, 2.05) is 12.1 Å². The lowest BCUT2D eigenvalue weighted by atomic mass is 10.2. The summed E-state index contributed by atoms with van der Waals surface area (Å²) in [6.45, 7) is 3.13. The van der Waals surface area contributed by atoms with Crippen molar-refractivity contribution in [3.63, 3.8) is 0 Å². The molecule has 6 heteroatoms. The van der Waals surface area contributed by atoms with Crippen LogP contribution in [0.1, 0.15) is 12.2 Å². The fraction of sp³-hybridized carbons (Fsp3) is 0.429. The predicted molar refractivity (Wildman–Crippen MR) is 75.7 cm³/mol. The summed E-state index contributed by atoms with van der Waals surface area (Å²) in [6.07, 6.45) is 0.922. The number of ether oxygens (including phenoxy) is 3. The number of methoxy groups -OCH3 is 1. The number of hydrogen-bond acceptors (Lipinski definition) is 5. The molecule has 0 aliphatic carbocycles. The van der Waals surface area contributed by atoms with Gasteiger partial charge in [0.2, 0.25) is 0 Å². The highest BCUT2D eigenvalue weighted by atomic mass is 35.5. The van der Waals surface area contributed by atoms with E-state index in [9.17, 15) is 0 Å². The molecule has 0 saturated carbocycles. The average Bonchev–Trinajstić information content (AvgIpc) is 2.91. The van der Waals surface area contributed by atoms with Crippen molar-refractivity contribution in [2.75, 3.05) is 20.3 Å². The van der Waals surface area contributed by atoms with Crippen molar-refractivity contribution in [1.82, 2.24) is 9.97 Å². The first-order valence-electron chi connectivity index (χ1n) is 6.43. The normalized spacial score (nSPS) is 18.4. The molecule has 0 bridgehead atoms. The van der Waals surface area contributed by atoms with E-state index in [4.69, 9.17) is 25.8 Å². The van der Waals surface area contributed by atoms with Crippen LogP contribution in [0.15, 0.2) is 12.1 Å². The zero-order valence-electron chi connectivity index (χ0n) is 11.4. The van der Waals surface area contributed by atoms with E-state index in [1.165, 1.54) is 0 Å². The van der Waals surface area contributed by atoms with E-state index in [-0.39, 0.29) is 6.10 Å². The summed E-state index contributed by atoms with van der Waals surface area (Å²) in [4.78, 5) is 8.53. The maximum atomic E-state index is 6.17. The van der Waals surface area contributed by atoms with Gasteiger partial charge >= 0.3 is 0 Å². The quantitative estimate of drug-likeness (QED) is 0.815. The Morgan fingerprint density at radius 2 is 2.15 bits per heavy atom. The molecule has 106 valence electrons. The third-order valence-corrected chi connectivity index (χ3v) is 3.52. The minimum Gasteiger partial charge on any atom is -0.493 e. The van der Waals surface area contributed by atoms with Crippen molar-refractivity contribution in [3.8, 4) is 11.5 Å². The van der Waals surface area contributed by atoms with Gasteiger partial charge in [0, 0.05) is 17.9 Å². The number of halogens is 1. The van der Waals surface area contributed by atoms with Gasteiger partial charge in [0.25, 0.3) is 0 Å². The van der Waals surface area contributed by atoms with Crippen molar-refractivity contribution < 1.29 is 14.2 Å². The second kappa shape index (κ2) is 5.42. The summed E-state index contributed by atoms with van der Waals surface area (Å²) in [5.74, 6) is 1.91. The van der Waals surface area contributed by atoms with Crippen LogP contribution >= 0.6 is 11.6 Å². The van der Waals surface area contributed by atoms with Gasteiger partial charge in [-0.15, -0.1) is 0 Å². The highest BCUT2D eigenvalue weighted by Gasteiger charge is 2.20. The molecular weight excluding hydrogens is 280 g/mol. The Morgan fingerprint density at radius 1 is 1.30 bits per heavy atom. The van der Waals surface area contributed by atoms with Crippen LogP contribution in [0.3, 0.4) is 0 Å². The van der Waals surface area contributed by atoms with Crippen LogP contribution in [0.2, 0.25) is 5.15 Å². The predicted octanol–water partition coefficient (Wildman–Crippen LogP) is 2.77. The molecule has 3 rings (SSSR count). The summed E-state index contributed by atoms with van der Waals surface area (Å²) in [5, 5.41) is 1.18. The zero-order chi connectivity index (χ0) is 14.1. The van der Waals surface area contributed by atoms with Gasteiger partial charge in [-0.25, -0.2) is 9.97 Å². The molecule has 1 aromatic heterocycles. The van der Waals surface area contributed by atoms with Crippen molar-refractivity contribution in [2.24, 2.45) is 0 Å². The second-order valence-electron chi connectivity index (χ2n) is 4.69. The minimum atomic E-state index is 0.0477. The smallest absolute Gasteiger partial charge is 0.162 e. The maximum absolute atomic E-state index is 6.17. The Labute approximate surface area is 121 Å². The molecule has 1 atom stereocenters. The molecular formula is C14H15ClN2O3. The fourth-order valence-corrected chi connectivity index (χ4v) is 2.52. The first-order valence-corrected chi connectivity index (χ1v) is 6.81. The number of aromatic nitrogens is 2. The molecule has 1 aromatic carbocycles. The Balaban J connectivity index is 2.05. The van der Waals surface area contributed by atoms with Gasteiger partial charge in [-0.3, -0.25) is 0 Å². The Hall–Kier alpha value is -1.59. The van der Waals surface area contributed by atoms with Gasteiger partial charge in [-0.1, -0.05) is 11.6 Å². The molecule has 0 N–H and O–H groups in total. The summed E-state index contributed by atoms with van der Waals surface area (Å²) >= 11 is 6.17. The van der Waals surface area contributed by atoms with Crippen molar-refractivity contribution in [2.45, 2.75) is 19.4 Å². The topological polar surface area (TPSA) is 53.5 Å². The van der Waals surface area contributed by atoms with Gasteiger partial charge in [0.05, 0.1) is 25.8 Å². The number of hydrogen-bond donors (Lipinski definition) is 0. The van der Waals surface area contributed by atoms with E-state index in [0.29, 0.717) is 29.1 Å². The molecule has 1 saturated heterocycles. The molecule has 5 nitrogen and oxygen atoms in total. The lowest BCUT2D eigenvalue weighted by Gasteiger charge is -2.16. The largest absolute Gasteiger partial charge is 0.493 e. The summed E-state index contributed by atoms with van der Waals surface area (Å²) < 4.78 is 16.6. The Bertz CT molecular complexity index is 642. The van der Waals surface area contributed by atoms with Gasteiger partial charge in [0.1, 0.15) is 17.1 Å². The molecule has 0 spiro atoms. The Kier molecular flexibility index (Phi) is 3.63. The minimum absolute atomic E-state index is 0.0477. The molecule has 1 aliphatic rings. The fourth-order valence-electron chi connectivity index (χ4n) is 2.25. The van der Waals surface area contributed by atoms with Crippen LogP contribution in [-0.2, 0) is 4.74 Å². The third kappa shape index (κ3) is 2.51. The van der Waals surface area contributed by atoms with Gasteiger partial charge in [-0.2, -0.15) is 0 Å². The van der Waals surface area contributed by atoms with Crippen LogP contribution < -0.4 is 9.47 Å². The standard InChI is InChI=1S/C14H15ClN2O3/c1-8-16-11-6-12(18-2)13(5-10(11)14(15)17-8)20-9-3-4-19-7-9/h5-6,9H,3-4,7H2,1-2H3. The molecule has 2 aromatic rings. The van der Waals surface area contributed by atoms with Crippen LogP contribution in [0.5, 0.6) is 11.5 Å². The molecule has 1 unspecified atom stereocenters. The lowest BCUT2D eigenvalue weighted by Crippen LogP contribution is -2.16. The maximum Gasteiger partial charge on any atom is 0.162 e. The number of nitrogens with zero attached hydrogens (tertiary/aromatic N) is 2.